The summed E-state index contributed by atoms with van der Waals surface area (Å²) in [4.78, 5) is 46.3. The normalized spacial score (nSPS) is 20.6. The molecule has 8 atom stereocenters. The molecule has 1 aliphatic rings. The fraction of sp³-hybridized carbons (Fsp3) is 0.848. The van der Waals surface area contributed by atoms with E-state index in [1.165, 1.54) is 83.5 Å². The zero-order chi connectivity index (χ0) is 45.9. The van der Waals surface area contributed by atoms with Gasteiger partial charge in [-0.3, -0.25) is 23.4 Å². The van der Waals surface area contributed by atoms with Crippen LogP contribution in [0.5, 0.6) is 0 Å². The average molecular weight is 906 g/mol. The molecule has 16 heteroatoms. The lowest BCUT2D eigenvalue weighted by Crippen LogP contribution is -2.43. The Balaban J connectivity index is 2.48. The van der Waals surface area contributed by atoms with Gasteiger partial charge < -0.3 is 45.3 Å². The van der Waals surface area contributed by atoms with E-state index in [1.54, 1.807) is 12.2 Å². The molecule has 1 fully saturated rings. The summed E-state index contributed by atoms with van der Waals surface area (Å²) < 4.78 is 38.4. The summed E-state index contributed by atoms with van der Waals surface area (Å²) in [5.41, 5.74) is 5.34. The second-order valence-corrected chi connectivity index (χ2v) is 18.2. The molecule has 7 N–H and O–H groups in total. The molecule has 15 nitrogen and oxygen atoms in total. The standard InChI is InChI=1S/C46H84NO14P/c1-3-5-7-8-9-10-11-12-13-14-15-16-17-18-19-20-26-30-44(51)60-38(35-58-62(55,56)59-36-40(47)46(53)54)34-57-43(50)29-25-22-21-24-28-39-41(49)33-45(52)61-42(39)32-31-37(48)27-23-6-4-2/h21,24,31-32,37-42,45,48-49,52H,3-20,22-23,25-30,33-36,47H2,1-2H3,(H,53,54)(H,55,56)/b24-21-,32-31+/t37-,38+,39-,40-,41-,42+,45?/m0/s1. The molecule has 0 amide bonds. The molecule has 1 heterocycles. The molecule has 1 aliphatic heterocycles. The van der Waals surface area contributed by atoms with Gasteiger partial charge in [0, 0.05) is 25.2 Å². The summed E-state index contributed by atoms with van der Waals surface area (Å²) in [7, 11) is -4.78. The fourth-order valence-corrected chi connectivity index (χ4v) is 7.94. The lowest BCUT2D eigenvalue weighted by molar-refractivity contribution is -0.199. The number of aliphatic carboxylic acids is 1. The van der Waals surface area contributed by atoms with E-state index >= 15 is 0 Å². The minimum Gasteiger partial charge on any atom is -0.480 e. The van der Waals surface area contributed by atoms with Crippen molar-refractivity contribution in [1.82, 2.24) is 0 Å². The SMILES string of the molecule is CCCCCCCCCCCCCCCCCCCC(=O)O[C@H](COC(=O)CCC/C=C\C[C@H]1[C@@H](O)CC(O)O[C@@H]1/C=C/[C@@H](O)CCCCC)COP(=O)(O)OC[C@H](N)C(=O)O. The largest absolute Gasteiger partial charge is 0.480 e. The van der Waals surface area contributed by atoms with Crippen molar-refractivity contribution in [3.05, 3.63) is 24.3 Å². The Kier molecular flexibility index (Phi) is 34.6. The lowest BCUT2D eigenvalue weighted by atomic mass is 9.87. The van der Waals surface area contributed by atoms with Gasteiger partial charge >= 0.3 is 25.7 Å². The van der Waals surface area contributed by atoms with Crippen LogP contribution in [0.1, 0.15) is 187 Å². The molecule has 0 saturated carbocycles. The number of hydrogen-bond donors (Lipinski definition) is 6. The van der Waals surface area contributed by atoms with E-state index in [2.05, 4.69) is 18.4 Å². The maximum atomic E-state index is 12.7. The van der Waals surface area contributed by atoms with Gasteiger partial charge in [0.1, 0.15) is 12.6 Å². The predicted molar refractivity (Wildman–Crippen MR) is 239 cm³/mol. The first-order chi connectivity index (χ1) is 29.8. The maximum Gasteiger partial charge on any atom is 0.472 e. The third-order valence-electron chi connectivity index (χ3n) is 11.0. The van der Waals surface area contributed by atoms with Crippen LogP contribution in [0.25, 0.3) is 0 Å². The number of aliphatic hydroxyl groups excluding tert-OH is 3. The van der Waals surface area contributed by atoms with Crippen molar-refractivity contribution in [2.24, 2.45) is 11.7 Å². The van der Waals surface area contributed by atoms with Crippen LogP contribution in [0.3, 0.4) is 0 Å². The number of carboxylic acids is 1. The highest BCUT2D eigenvalue weighted by molar-refractivity contribution is 7.47. The average Bonchev–Trinajstić information content (AvgIpc) is 3.23. The smallest absolute Gasteiger partial charge is 0.472 e. The van der Waals surface area contributed by atoms with Crippen LogP contribution < -0.4 is 5.73 Å². The number of ether oxygens (including phenoxy) is 3. The van der Waals surface area contributed by atoms with Crippen molar-refractivity contribution in [2.45, 2.75) is 224 Å². The van der Waals surface area contributed by atoms with Gasteiger partial charge in [-0.2, -0.15) is 0 Å². The molecule has 362 valence electrons. The molecule has 0 aromatic carbocycles. The molecule has 1 saturated heterocycles. The second kappa shape index (κ2) is 37.1. The third kappa shape index (κ3) is 31.6. The van der Waals surface area contributed by atoms with E-state index in [9.17, 15) is 39.2 Å². The molecule has 0 radical (unpaired) electrons. The molecule has 2 unspecified atom stereocenters. The van der Waals surface area contributed by atoms with Crippen LogP contribution in [-0.4, -0.2) is 99.8 Å². The summed E-state index contributed by atoms with van der Waals surface area (Å²) in [5.74, 6) is -2.93. The first-order valence-electron chi connectivity index (χ1n) is 23.8. The van der Waals surface area contributed by atoms with Crippen molar-refractivity contribution < 1.29 is 67.5 Å². The van der Waals surface area contributed by atoms with Crippen LogP contribution in [0.15, 0.2) is 24.3 Å². The predicted octanol–water partition coefficient (Wildman–Crippen LogP) is 8.73. The number of allylic oxidation sites excluding steroid dienone is 2. The van der Waals surface area contributed by atoms with Crippen molar-refractivity contribution in [3.63, 3.8) is 0 Å². The highest BCUT2D eigenvalue weighted by atomic mass is 31.2. The number of carbonyl (C=O) groups excluding carboxylic acids is 2. The summed E-state index contributed by atoms with van der Waals surface area (Å²) >= 11 is 0. The van der Waals surface area contributed by atoms with E-state index in [4.69, 9.17) is 29.6 Å². The molecule has 0 aromatic rings. The summed E-state index contributed by atoms with van der Waals surface area (Å²) in [6.07, 6.45) is 28.6. The fourth-order valence-electron chi connectivity index (χ4n) is 7.16. The Morgan fingerprint density at radius 1 is 0.742 bits per heavy atom. The van der Waals surface area contributed by atoms with Gasteiger partial charge in [-0.15, -0.1) is 0 Å². The zero-order valence-corrected chi connectivity index (χ0v) is 38.9. The van der Waals surface area contributed by atoms with Gasteiger partial charge in [-0.1, -0.05) is 160 Å². The van der Waals surface area contributed by atoms with E-state index in [1.807, 2.05) is 12.2 Å². The Hall–Kier alpha value is -2.20. The Morgan fingerprint density at radius 2 is 1.27 bits per heavy atom. The lowest BCUT2D eigenvalue weighted by Gasteiger charge is -2.36. The molecule has 62 heavy (non-hydrogen) atoms. The van der Waals surface area contributed by atoms with Crippen LogP contribution in [0, 0.1) is 5.92 Å². The van der Waals surface area contributed by atoms with Crippen molar-refractivity contribution in [2.75, 3.05) is 19.8 Å². The zero-order valence-electron chi connectivity index (χ0n) is 38.0. The van der Waals surface area contributed by atoms with Gasteiger partial charge in [-0.25, -0.2) is 4.57 Å². The van der Waals surface area contributed by atoms with Crippen molar-refractivity contribution in [3.8, 4) is 0 Å². The first-order valence-corrected chi connectivity index (χ1v) is 25.3. The molecular weight excluding hydrogens is 821 g/mol. The number of hydrogen-bond acceptors (Lipinski definition) is 13. The van der Waals surface area contributed by atoms with Crippen molar-refractivity contribution in [1.29, 1.82) is 0 Å². The van der Waals surface area contributed by atoms with Crippen LogP contribution in [0.2, 0.25) is 0 Å². The number of rotatable bonds is 40. The number of carbonyl (C=O) groups is 3. The van der Waals surface area contributed by atoms with E-state index in [0.717, 1.165) is 38.5 Å². The monoisotopic (exact) mass is 906 g/mol. The number of esters is 2. The maximum absolute atomic E-state index is 12.7. The van der Waals surface area contributed by atoms with Gasteiger partial charge in [0.15, 0.2) is 12.4 Å². The molecule has 0 bridgehead atoms. The topological polar surface area (TPSA) is 242 Å². The van der Waals surface area contributed by atoms with E-state index < -0.39 is 82.3 Å². The summed E-state index contributed by atoms with van der Waals surface area (Å²) in [6.45, 7) is 2.44. The first kappa shape index (κ1) is 57.8. The van der Waals surface area contributed by atoms with Gasteiger partial charge in [0.25, 0.3) is 0 Å². The number of phosphoric ester groups is 1. The summed E-state index contributed by atoms with van der Waals surface area (Å²) in [5, 5.41) is 39.9. The Morgan fingerprint density at radius 3 is 1.85 bits per heavy atom. The minimum atomic E-state index is -4.78. The second-order valence-electron chi connectivity index (χ2n) is 16.8. The van der Waals surface area contributed by atoms with Gasteiger partial charge in [0.05, 0.1) is 31.5 Å². The molecule has 0 aromatic heterocycles. The van der Waals surface area contributed by atoms with Crippen molar-refractivity contribution >= 4 is 25.7 Å². The highest BCUT2D eigenvalue weighted by Crippen LogP contribution is 2.43. The molecule has 0 spiro atoms. The molecule has 0 aliphatic carbocycles. The quantitative estimate of drug-likeness (QED) is 0.0146. The highest BCUT2D eigenvalue weighted by Gasteiger charge is 2.35. The Labute approximate surface area is 372 Å². The number of phosphoric acid groups is 1. The number of aliphatic hydroxyl groups is 3. The van der Waals surface area contributed by atoms with E-state index in [0.29, 0.717) is 32.1 Å². The molecular formula is C46H84NO14P. The number of nitrogens with two attached hydrogens (primary N) is 1. The van der Waals surface area contributed by atoms with E-state index in [-0.39, 0.29) is 25.2 Å². The number of carboxylic acid groups (broad SMARTS) is 1. The van der Waals surface area contributed by atoms with Crippen LogP contribution in [0.4, 0.5) is 0 Å². The van der Waals surface area contributed by atoms with Gasteiger partial charge in [-0.05, 0) is 32.1 Å². The molecule has 1 rings (SSSR count). The number of unbranched alkanes of at least 4 members (excludes halogenated alkanes) is 19. The van der Waals surface area contributed by atoms with Crippen LogP contribution in [-0.2, 0) is 42.2 Å². The van der Waals surface area contributed by atoms with Gasteiger partial charge in [0.2, 0.25) is 0 Å². The third-order valence-corrected chi connectivity index (χ3v) is 11.9. The summed E-state index contributed by atoms with van der Waals surface area (Å²) in [6, 6.07) is -1.56. The minimum absolute atomic E-state index is 0.0302. The Bertz CT molecular complexity index is 1270. The van der Waals surface area contributed by atoms with Crippen LogP contribution >= 0.6 is 7.82 Å².